The quantitative estimate of drug-likeness (QED) is 0.0476. The number of hydrogen-bond acceptors (Lipinski definition) is 3. The van der Waals surface area contributed by atoms with Crippen LogP contribution in [0.2, 0.25) is 0 Å². The molecule has 0 aromatic carbocycles. The van der Waals surface area contributed by atoms with E-state index in [9.17, 15) is 0 Å². The first-order chi connectivity index (χ1) is 17.4. The molecule has 0 rings (SSSR count). The van der Waals surface area contributed by atoms with Crippen LogP contribution in [0.3, 0.4) is 0 Å². The van der Waals surface area contributed by atoms with Gasteiger partial charge in [0.2, 0.25) is 0 Å². The number of rotatable bonds is 26. The Bertz CT molecular complexity index is 441. The SMILES string of the molecule is C=C.CCCCCCCCCCCCCCOCCCCCCCCCCCCCC.O=S(=O)(O)O.[NaH]. The van der Waals surface area contributed by atoms with Crippen LogP contribution in [0.15, 0.2) is 13.2 Å². The van der Waals surface area contributed by atoms with Crippen LogP contribution in [0.5, 0.6) is 0 Å². The molecule has 2 N–H and O–H groups in total. The zero-order valence-electron chi connectivity index (χ0n) is 24.3. The maximum absolute atomic E-state index is 8.74. The summed E-state index contributed by atoms with van der Waals surface area (Å²) in [5, 5.41) is 0. The molecule has 5 nitrogen and oxygen atoms in total. The van der Waals surface area contributed by atoms with Crippen molar-refractivity contribution in [1.82, 2.24) is 0 Å². The van der Waals surface area contributed by atoms with Gasteiger partial charge in [0.25, 0.3) is 0 Å². The summed E-state index contributed by atoms with van der Waals surface area (Å²) in [4.78, 5) is 0. The van der Waals surface area contributed by atoms with E-state index in [0.29, 0.717) is 0 Å². The summed E-state index contributed by atoms with van der Waals surface area (Å²) >= 11 is 0. The van der Waals surface area contributed by atoms with E-state index in [-0.39, 0.29) is 29.6 Å². The molecule has 0 amide bonds. The molecule has 0 radical (unpaired) electrons. The van der Waals surface area contributed by atoms with Crippen LogP contribution >= 0.6 is 0 Å². The number of ether oxygens (including phenoxy) is 1. The van der Waals surface area contributed by atoms with Crippen LogP contribution in [0.25, 0.3) is 0 Å². The summed E-state index contributed by atoms with van der Waals surface area (Å²) < 4.78 is 37.4. The fraction of sp³-hybridized carbons (Fsp3) is 0.933. The summed E-state index contributed by atoms with van der Waals surface area (Å²) in [6.07, 6.45) is 34.1. The molecule has 0 heterocycles. The molecule has 0 saturated carbocycles. The first-order valence-electron chi connectivity index (χ1n) is 15.2. The molecule has 0 aliphatic carbocycles. The predicted octanol–water partition coefficient (Wildman–Crippen LogP) is 9.91. The van der Waals surface area contributed by atoms with Crippen molar-refractivity contribution in [1.29, 1.82) is 0 Å². The van der Waals surface area contributed by atoms with Gasteiger partial charge < -0.3 is 4.74 Å². The Labute approximate surface area is 255 Å². The first-order valence-corrected chi connectivity index (χ1v) is 16.6. The van der Waals surface area contributed by atoms with Crippen molar-refractivity contribution in [2.75, 3.05) is 13.2 Å². The predicted molar refractivity (Wildman–Crippen MR) is 166 cm³/mol. The van der Waals surface area contributed by atoms with Crippen LogP contribution in [0, 0.1) is 0 Å². The molecular formula is C30H65NaO5S. The Balaban J connectivity index is -0.000000603. The van der Waals surface area contributed by atoms with Gasteiger partial charge in [-0.05, 0) is 12.8 Å². The Hall–Kier alpha value is 0.570. The molecule has 0 spiro atoms. The van der Waals surface area contributed by atoms with Crippen molar-refractivity contribution in [3.8, 4) is 0 Å². The second kappa shape index (κ2) is 41.1. The van der Waals surface area contributed by atoms with Gasteiger partial charge in [-0.1, -0.05) is 155 Å². The van der Waals surface area contributed by atoms with E-state index < -0.39 is 10.4 Å². The van der Waals surface area contributed by atoms with E-state index in [4.69, 9.17) is 22.3 Å². The van der Waals surface area contributed by atoms with Crippen LogP contribution < -0.4 is 0 Å². The van der Waals surface area contributed by atoms with Gasteiger partial charge in [0.1, 0.15) is 0 Å². The molecule has 222 valence electrons. The molecule has 0 fully saturated rings. The average Bonchev–Trinajstić information content (AvgIpc) is 2.84. The molecule has 0 aliphatic heterocycles. The van der Waals surface area contributed by atoms with Gasteiger partial charge in [-0.3, -0.25) is 9.11 Å². The molecule has 0 unspecified atom stereocenters. The van der Waals surface area contributed by atoms with Crippen molar-refractivity contribution >= 4 is 40.0 Å². The Kier molecular flexibility index (Phi) is 49.5. The number of hydrogen-bond donors (Lipinski definition) is 2. The van der Waals surface area contributed by atoms with Crippen molar-refractivity contribution in [2.45, 2.75) is 168 Å². The zero-order chi connectivity index (χ0) is 27.6. The van der Waals surface area contributed by atoms with E-state index in [0.717, 1.165) is 13.2 Å². The summed E-state index contributed by atoms with van der Waals surface area (Å²) in [5.41, 5.74) is 0. The first kappa shape index (κ1) is 44.6. The van der Waals surface area contributed by atoms with Gasteiger partial charge in [0.15, 0.2) is 0 Å². The van der Waals surface area contributed by atoms with Gasteiger partial charge in [-0.15, -0.1) is 13.2 Å². The molecule has 0 aliphatic rings. The summed E-state index contributed by atoms with van der Waals surface area (Å²) in [6.45, 7) is 12.6. The average molecular weight is 561 g/mol. The summed E-state index contributed by atoms with van der Waals surface area (Å²) in [5.74, 6) is 0. The standard InChI is InChI=1S/C28H58O.C2H4.Na.H2O4S.H/c1-3-5-7-9-11-13-15-17-19-21-23-25-27-29-28-26-24-22-20-18-16-14-12-10-8-6-4-2;1-2;;1-5(2,3)4;/h3-28H2,1-2H3;1-2H2;;(H2,1,2,3,4);. The van der Waals surface area contributed by atoms with Crippen molar-refractivity contribution in [2.24, 2.45) is 0 Å². The Morgan fingerprint density at radius 1 is 0.459 bits per heavy atom. The minimum absolute atomic E-state index is 0. The topological polar surface area (TPSA) is 83.8 Å². The normalized spacial score (nSPS) is 10.6. The zero-order valence-corrected chi connectivity index (χ0v) is 25.1. The van der Waals surface area contributed by atoms with Crippen molar-refractivity contribution in [3.63, 3.8) is 0 Å². The van der Waals surface area contributed by atoms with Gasteiger partial charge in [-0.25, -0.2) is 0 Å². The minimum atomic E-state index is -4.67. The van der Waals surface area contributed by atoms with Gasteiger partial charge in [-0.2, -0.15) is 8.42 Å². The van der Waals surface area contributed by atoms with E-state index in [1.54, 1.807) is 0 Å². The second-order valence-electron chi connectivity index (χ2n) is 9.84. The summed E-state index contributed by atoms with van der Waals surface area (Å²) in [6, 6.07) is 0. The third kappa shape index (κ3) is 61.9. The van der Waals surface area contributed by atoms with Crippen LogP contribution in [-0.2, 0) is 15.1 Å². The molecule has 0 atom stereocenters. The second-order valence-corrected chi connectivity index (χ2v) is 10.7. The Morgan fingerprint density at radius 3 is 0.811 bits per heavy atom. The molecule has 37 heavy (non-hydrogen) atoms. The van der Waals surface area contributed by atoms with E-state index in [1.165, 1.54) is 154 Å². The number of unbranched alkanes of at least 4 members (excludes halogenated alkanes) is 22. The molecule has 0 aromatic rings. The summed E-state index contributed by atoms with van der Waals surface area (Å²) in [7, 11) is -4.67. The fourth-order valence-electron chi connectivity index (χ4n) is 4.19. The molecule has 0 aromatic heterocycles. The van der Waals surface area contributed by atoms with Gasteiger partial charge in [0, 0.05) is 13.2 Å². The van der Waals surface area contributed by atoms with Crippen LogP contribution in [0.4, 0.5) is 0 Å². The molecule has 0 bridgehead atoms. The molecular weight excluding hydrogens is 495 g/mol. The molecule has 7 heteroatoms. The Morgan fingerprint density at radius 2 is 0.622 bits per heavy atom. The monoisotopic (exact) mass is 560 g/mol. The third-order valence-corrected chi connectivity index (χ3v) is 6.28. The van der Waals surface area contributed by atoms with Gasteiger partial charge in [0.05, 0.1) is 0 Å². The van der Waals surface area contributed by atoms with Gasteiger partial charge >= 0.3 is 40.0 Å². The van der Waals surface area contributed by atoms with Crippen molar-refractivity contribution < 1.29 is 22.3 Å². The maximum atomic E-state index is 8.74. The third-order valence-electron chi connectivity index (χ3n) is 6.28. The van der Waals surface area contributed by atoms with Crippen molar-refractivity contribution in [3.05, 3.63) is 13.2 Å². The van der Waals surface area contributed by atoms with E-state index in [2.05, 4.69) is 27.0 Å². The van der Waals surface area contributed by atoms with E-state index >= 15 is 0 Å². The van der Waals surface area contributed by atoms with E-state index in [1.807, 2.05) is 0 Å². The van der Waals surface area contributed by atoms with Crippen LogP contribution in [-0.4, -0.2) is 60.3 Å². The molecule has 0 saturated heterocycles. The fourth-order valence-corrected chi connectivity index (χ4v) is 4.19. The van der Waals surface area contributed by atoms with Crippen LogP contribution in [0.1, 0.15) is 168 Å².